The van der Waals surface area contributed by atoms with E-state index in [1.807, 2.05) is 32.0 Å². The Bertz CT molecular complexity index is 886. The van der Waals surface area contributed by atoms with Gasteiger partial charge >= 0.3 is 11.9 Å². The summed E-state index contributed by atoms with van der Waals surface area (Å²) in [5.74, 6) is -1.15. The molecule has 1 amide bonds. The van der Waals surface area contributed by atoms with Crippen LogP contribution in [0.2, 0.25) is 0 Å². The first-order valence-corrected chi connectivity index (χ1v) is 8.61. The lowest BCUT2D eigenvalue weighted by Gasteiger charge is -2.17. The third kappa shape index (κ3) is 5.09. The summed E-state index contributed by atoms with van der Waals surface area (Å²) in [6.45, 7) is 5.46. The van der Waals surface area contributed by atoms with Gasteiger partial charge < -0.3 is 19.5 Å². The molecule has 0 aliphatic rings. The van der Waals surface area contributed by atoms with Gasteiger partial charge in [-0.25, -0.2) is 9.59 Å². The van der Waals surface area contributed by atoms with E-state index >= 15 is 0 Å². The average molecular weight is 385 g/mol. The number of aryl methyl sites for hydroxylation is 2. The SMILES string of the molecule is COC(=O)c1ccc(C(=O)OC)c(NC(=O)[C@H](C)Oc2cc(C)cc(C)c2)c1. The second kappa shape index (κ2) is 9.03. The predicted molar refractivity (Wildman–Crippen MR) is 104 cm³/mol. The van der Waals surface area contributed by atoms with Gasteiger partial charge in [0.2, 0.25) is 0 Å². The van der Waals surface area contributed by atoms with Crippen molar-refractivity contribution in [2.24, 2.45) is 0 Å². The van der Waals surface area contributed by atoms with Crippen LogP contribution in [0.25, 0.3) is 0 Å². The minimum Gasteiger partial charge on any atom is -0.481 e. The van der Waals surface area contributed by atoms with Crippen molar-refractivity contribution >= 4 is 23.5 Å². The van der Waals surface area contributed by atoms with Crippen LogP contribution in [-0.4, -0.2) is 38.2 Å². The van der Waals surface area contributed by atoms with Crippen LogP contribution < -0.4 is 10.1 Å². The zero-order valence-electron chi connectivity index (χ0n) is 16.5. The molecule has 2 aromatic carbocycles. The number of methoxy groups -OCH3 is 2. The molecule has 0 aliphatic carbocycles. The van der Waals surface area contributed by atoms with Crippen molar-refractivity contribution in [2.75, 3.05) is 19.5 Å². The summed E-state index contributed by atoms with van der Waals surface area (Å²) < 4.78 is 15.1. The number of carbonyl (C=O) groups excluding carboxylic acids is 3. The summed E-state index contributed by atoms with van der Waals surface area (Å²) in [7, 11) is 2.47. The van der Waals surface area contributed by atoms with E-state index in [0.717, 1.165) is 11.1 Å². The third-order valence-electron chi connectivity index (χ3n) is 3.98. The van der Waals surface area contributed by atoms with Crippen LogP contribution in [0.4, 0.5) is 5.69 Å². The molecule has 148 valence electrons. The van der Waals surface area contributed by atoms with Gasteiger partial charge in [0.1, 0.15) is 5.75 Å². The van der Waals surface area contributed by atoms with Crippen LogP contribution in [0.1, 0.15) is 38.8 Å². The predicted octanol–water partition coefficient (Wildman–Crippen LogP) is 3.28. The second-order valence-electron chi connectivity index (χ2n) is 6.32. The third-order valence-corrected chi connectivity index (χ3v) is 3.98. The van der Waals surface area contributed by atoms with E-state index in [4.69, 9.17) is 9.47 Å². The first-order valence-electron chi connectivity index (χ1n) is 8.61. The van der Waals surface area contributed by atoms with E-state index in [0.29, 0.717) is 5.75 Å². The molecular weight excluding hydrogens is 362 g/mol. The molecule has 0 radical (unpaired) electrons. The number of carbonyl (C=O) groups is 3. The molecule has 2 rings (SSSR count). The quantitative estimate of drug-likeness (QED) is 0.768. The Morgan fingerprint density at radius 1 is 0.893 bits per heavy atom. The fraction of sp³-hybridized carbons (Fsp3) is 0.286. The van der Waals surface area contributed by atoms with Crippen LogP contribution in [0.5, 0.6) is 5.75 Å². The van der Waals surface area contributed by atoms with E-state index < -0.39 is 23.9 Å². The molecule has 0 bridgehead atoms. The maximum atomic E-state index is 12.6. The summed E-state index contributed by atoms with van der Waals surface area (Å²) in [5.41, 5.74) is 2.47. The Morgan fingerprint density at radius 2 is 1.50 bits per heavy atom. The van der Waals surface area contributed by atoms with Crippen molar-refractivity contribution in [3.05, 3.63) is 58.7 Å². The van der Waals surface area contributed by atoms with Crippen molar-refractivity contribution in [2.45, 2.75) is 26.9 Å². The Kier molecular flexibility index (Phi) is 6.76. The number of rotatable bonds is 6. The first-order chi connectivity index (χ1) is 13.2. The van der Waals surface area contributed by atoms with E-state index in [-0.39, 0.29) is 16.8 Å². The van der Waals surface area contributed by atoms with Crippen molar-refractivity contribution in [3.63, 3.8) is 0 Å². The van der Waals surface area contributed by atoms with Gasteiger partial charge in [-0.05, 0) is 62.2 Å². The van der Waals surface area contributed by atoms with Gasteiger partial charge in [-0.15, -0.1) is 0 Å². The highest BCUT2D eigenvalue weighted by Gasteiger charge is 2.21. The number of hydrogen-bond acceptors (Lipinski definition) is 6. The van der Waals surface area contributed by atoms with Gasteiger partial charge in [0.05, 0.1) is 31.0 Å². The smallest absolute Gasteiger partial charge is 0.339 e. The van der Waals surface area contributed by atoms with Gasteiger partial charge in [-0.3, -0.25) is 4.79 Å². The monoisotopic (exact) mass is 385 g/mol. The van der Waals surface area contributed by atoms with Crippen molar-refractivity contribution in [1.29, 1.82) is 0 Å². The van der Waals surface area contributed by atoms with Gasteiger partial charge in [0.25, 0.3) is 5.91 Å². The van der Waals surface area contributed by atoms with Gasteiger partial charge in [-0.1, -0.05) is 6.07 Å². The summed E-state index contributed by atoms with van der Waals surface area (Å²) >= 11 is 0. The van der Waals surface area contributed by atoms with E-state index in [2.05, 4.69) is 10.1 Å². The normalized spacial score (nSPS) is 11.3. The molecule has 7 nitrogen and oxygen atoms in total. The van der Waals surface area contributed by atoms with Crippen LogP contribution in [-0.2, 0) is 14.3 Å². The van der Waals surface area contributed by atoms with Crippen molar-refractivity contribution in [1.82, 2.24) is 0 Å². The van der Waals surface area contributed by atoms with Crippen LogP contribution >= 0.6 is 0 Å². The molecule has 1 N–H and O–H groups in total. The van der Waals surface area contributed by atoms with Crippen LogP contribution in [0.15, 0.2) is 36.4 Å². The Labute approximate surface area is 163 Å². The molecule has 0 saturated carbocycles. The van der Waals surface area contributed by atoms with Crippen molar-refractivity contribution in [3.8, 4) is 5.75 Å². The number of hydrogen-bond donors (Lipinski definition) is 1. The maximum absolute atomic E-state index is 12.6. The highest BCUT2D eigenvalue weighted by Crippen LogP contribution is 2.22. The van der Waals surface area contributed by atoms with Gasteiger partial charge in [0, 0.05) is 0 Å². The standard InChI is InChI=1S/C21H23NO6/c1-12-8-13(2)10-16(9-12)28-14(3)19(23)22-18-11-15(20(24)26-4)6-7-17(18)21(25)27-5/h6-11,14H,1-5H3,(H,22,23)/t14-/m0/s1. The zero-order valence-corrected chi connectivity index (χ0v) is 16.5. The number of benzene rings is 2. The summed E-state index contributed by atoms with van der Waals surface area (Å²) in [6.07, 6.45) is -0.839. The number of amides is 1. The Balaban J connectivity index is 2.25. The molecule has 0 spiro atoms. The minimum absolute atomic E-state index is 0.113. The Morgan fingerprint density at radius 3 is 2.07 bits per heavy atom. The lowest BCUT2D eigenvalue weighted by molar-refractivity contribution is -0.122. The summed E-state index contributed by atoms with van der Waals surface area (Å²) in [5, 5.41) is 2.62. The molecule has 7 heteroatoms. The van der Waals surface area contributed by atoms with Crippen molar-refractivity contribution < 1.29 is 28.6 Å². The molecule has 0 heterocycles. The van der Waals surface area contributed by atoms with E-state index in [1.165, 1.54) is 32.4 Å². The lowest BCUT2D eigenvalue weighted by atomic mass is 10.1. The first kappa shape index (κ1) is 21.0. The molecule has 0 saturated heterocycles. The highest BCUT2D eigenvalue weighted by atomic mass is 16.5. The average Bonchev–Trinajstić information content (AvgIpc) is 2.65. The number of esters is 2. The van der Waals surface area contributed by atoms with E-state index in [1.54, 1.807) is 6.92 Å². The minimum atomic E-state index is -0.839. The van der Waals surface area contributed by atoms with Gasteiger partial charge in [0.15, 0.2) is 6.10 Å². The summed E-state index contributed by atoms with van der Waals surface area (Å²) in [6, 6.07) is 9.83. The van der Waals surface area contributed by atoms with Crippen LogP contribution in [0.3, 0.4) is 0 Å². The molecule has 28 heavy (non-hydrogen) atoms. The molecule has 0 unspecified atom stereocenters. The number of nitrogens with one attached hydrogen (secondary N) is 1. The molecule has 1 atom stereocenters. The van der Waals surface area contributed by atoms with Crippen LogP contribution in [0, 0.1) is 13.8 Å². The topological polar surface area (TPSA) is 90.9 Å². The summed E-state index contributed by atoms with van der Waals surface area (Å²) in [4.78, 5) is 36.3. The molecular formula is C21H23NO6. The fourth-order valence-electron chi connectivity index (χ4n) is 2.67. The highest BCUT2D eigenvalue weighted by molar-refractivity contribution is 6.04. The zero-order chi connectivity index (χ0) is 20.8. The lowest BCUT2D eigenvalue weighted by Crippen LogP contribution is -2.31. The molecule has 2 aromatic rings. The molecule has 0 aromatic heterocycles. The number of anilines is 1. The van der Waals surface area contributed by atoms with E-state index in [9.17, 15) is 14.4 Å². The Hall–Kier alpha value is -3.35. The largest absolute Gasteiger partial charge is 0.481 e. The second-order valence-corrected chi connectivity index (χ2v) is 6.32. The molecule has 0 aliphatic heterocycles. The maximum Gasteiger partial charge on any atom is 0.339 e. The number of ether oxygens (including phenoxy) is 3. The molecule has 0 fully saturated rings. The van der Waals surface area contributed by atoms with Gasteiger partial charge in [-0.2, -0.15) is 0 Å². The fourth-order valence-corrected chi connectivity index (χ4v) is 2.67.